The molecule has 0 saturated carbocycles. The average Bonchev–Trinajstić information content (AvgIpc) is 2.38. The molecule has 0 nitrogen and oxygen atoms in total. The highest BCUT2D eigenvalue weighted by atomic mass is 32.2. The fraction of sp³-hybridized carbons (Fsp3) is 0.250. The lowest BCUT2D eigenvalue weighted by molar-refractivity contribution is -0.0373. The van der Waals surface area contributed by atoms with Crippen LogP contribution in [0.5, 0.6) is 0 Å². The minimum absolute atomic E-state index is 0.0142. The normalized spacial score (nSPS) is 13.8. The molecule has 2 aromatic carbocycles. The summed E-state index contributed by atoms with van der Waals surface area (Å²) in [6.45, 7) is 3.09. The Labute approximate surface area is 142 Å². The number of hydrogen-bond donors (Lipinski definition) is 0. The number of aryl methyl sites for hydroxylation is 2. The Balaban J connectivity index is 2.48. The van der Waals surface area contributed by atoms with E-state index in [4.69, 9.17) is 0 Å². The molecule has 2 aromatic rings. The topological polar surface area (TPSA) is 0 Å². The number of thioether (sulfide) groups is 1. The van der Waals surface area contributed by atoms with Gasteiger partial charge in [-0.25, -0.2) is 0 Å². The van der Waals surface area contributed by atoms with Crippen LogP contribution in [-0.4, -0.2) is 11.0 Å². The fourth-order valence-electron chi connectivity index (χ4n) is 2.18. The van der Waals surface area contributed by atoms with Crippen molar-refractivity contribution in [3.05, 3.63) is 53.6 Å². The lowest BCUT2D eigenvalue weighted by Crippen LogP contribution is -2.25. The van der Waals surface area contributed by atoms with Gasteiger partial charge in [0.05, 0.1) is 0 Å². The third-order valence-electron chi connectivity index (χ3n) is 3.06. The summed E-state index contributed by atoms with van der Waals surface area (Å²) in [6.07, 6.45) is 0. The molecule has 0 fully saturated rings. The predicted octanol–water partition coefficient (Wildman–Crippen LogP) is 6.47. The quantitative estimate of drug-likeness (QED) is 0.332. The zero-order valence-electron chi connectivity index (χ0n) is 12.6. The van der Waals surface area contributed by atoms with Crippen LogP contribution in [0, 0.1) is 13.8 Å². The predicted molar refractivity (Wildman–Crippen MR) is 84.2 cm³/mol. The van der Waals surface area contributed by atoms with Gasteiger partial charge in [0.15, 0.2) is 20.7 Å². The van der Waals surface area contributed by atoms with Crippen LogP contribution in [0.4, 0.5) is 26.3 Å². The minimum Gasteiger partial charge on any atom is -0.160 e. The fourth-order valence-corrected chi connectivity index (χ4v) is 4.69. The van der Waals surface area contributed by atoms with E-state index in [1.807, 2.05) is 0 Å². The standard InChI is InChI=1S/C16H13F6S2/c1-10-4-3-5-13(8-10)24(16(20,21)22)14-7-6-12(9-11(14)2)23-15(17,18)19/h3-9H,1-2H3/q+1. The van der Waals surface area contributed by atoms with Crippen LogP contribution in [-0.2, 0) is 10.9 Å². The van der Waals surface area contributed by atoms with Crippen LogP contribution in [0.3, 0.4) is 0 Å². The second kappa shape index (κ2) is 6.92. The molecule has 2 rings (SSSR count). The molecule has 0 amide bonds. The first kappa shape index (κ1) is 19.1. The van der Waals surface area contributed by atoms with Crippen molar-refractivity contribution in [2.75, 3.05) is 0 Å². The van der Waals surface area contributed by atoms with Crippen molar-refractivity contribution in [1.82, 2.24) is 0 Å². The summed E-state index contributed by atoms with van der Waals surface area (Å²) in [7, 11) is -2.21. The molecule has 0 spiro atoms. The van der Waals surface area contributed by atoms with E-state index >= 15 is 0 Å². The van der Waals surface area contributed by atoms with Crippen molar-refractivity contribution in [3.63, 3.8) is 0 Å². The van der Waals surface area contributed by atoms with Crippen LogP contribution < -0.4 is 0 Å². The lowest BCUT2D eigenvalue weighted by atomic mass is 10.2. The van der Waals surface area contributed by atoms with Gasteiger partial charge in [-0.05, 0) is 61.5 Å². The summed E-state index contributed by atoms with van der Waals surface area (Å²) < 4.78 is 78.1. The Morgan fingerprint density at radius 1 is 0.875 bits per heavy atom. The van der Waals surface area contributed by atoms with Crippen molar-refractivity contribution in [2.24, 2.45) is 0 Å². The van der Waals surface area contributed by atoms with Crippen molar-refractivity contribution >= 4 is 22.7 Å². The highest BCUT2D eigenvalue weighted by Gasteiger charge is 2.55. The second-order valence-corrected chi connectivity index (χ2v) is 8.17. The lowest BCUT2D eigenvalue weighted by Gasteiger charge is -2.13. The van der Waals surface area contributed by atoms with Gasteiger partial charge in [-0.3, -0.25) is 0 Å². The molecule has 0 radical (unpaired) electrons. The average molecular weight is 383 g/mol. The van der Waals surface area contributed by atoms with Crippen LogP contribution >= 0.6 is 11.8 Å². The molecule has 0 aliphatic carbocycles. The van der Waals surface area contributed by atoms with Crippen molar-refractivity contribution in [3.8, 4) is 0 Å². The van der Waals surface area contributed by atoms with E-state index in [1.165, 1.54) is 19.1 Å². The molecule has 0 heterocycles. The number of benzene rings is 2. The zero-order chi connectivity index (χ0) is 18.1. The Morgan fingerprint density at radius 3 is 2.04 bits per heavy atom. The number of rotatable bonds is 3. The summed E-state index contributed by atoms with van der Waals surface area (Å²) in [5.74, 6) is 0. The first-order valence-electron chi connectivity index (χ1n) is 6.71. The maximum Gasteiger partial charge on any atom is 0.586 e. The molecule has 0 N–H and O–H groups in total. The Hall–Kier alpha value is -1.28. The van der Waals surface area contributed by atoms with Gasteiger partial charge in [-0.1, -0.05) is 12.1 Å². The molecule has 8 heteroatoms. The van der Waals surface area contributed by atoms with Gasteiger partial charge >= 0.3 is 11.0 Å². The van der Waals surface area contributed by atoms with E-state index < -0.39 is 21.9 Å². The highest BCUT2D eigenvalue weighted by molar-refractivity contribution is 8.00. The Bertz CT molecular complexity index is 721. The van der Waals surface area contributed by atoms with Gasteiger partial charge in [-0.2, -0.15) is 13.2 Å². The molecule has 24 heavy (non-hydrogen) atoms. The molecule has 130 valence electrons. The maximum absolute atomic E-state index is 13.6. The molecule has 1 unspecified atom stereocenters. The largest absolute Gasteiger partial charge is 0.586 e. The summed E-state index contributed by atoms with van der Waals surface area (Å²) >= 11 is -0.337. The third kappa shape index (κ3) is 4.86. The van der Waals surface area contributed by atoms with Gasteiger partial charge in [0.25, 0.3) is 0 Å². The monoisotopic (exact) mass is 383 g/mol. The molecule has 0 aliphatic rings. The highest BCUT2D eigenvalue weighted by Crippen LogP contribution is 2.42. The van der Waals surface area contributed by atoms with Crippen molar-refractivity contribution in [2.45, 2.75) is 39.6 Å². The Kier molecular flexibility index (Phi) is 5.49. The summed E-state index contributed by atoms with van der Waals surface area (Å²) in [6, 6.07) is 9.45. The third-order valence-corrected chi connectivity index (χ3v) is 5.86. The molecular weight excluding hydrogens is 370 g/mol. The summed E-state index contributed by atoms with van der Waals surface area (Å²) in [5, 5.41) is 0. The second-order valence-electron chi connectivity index (χ2n) is 5.04. The van der Waals surface area contributed by atoms with Crippen molar-refractivity contribution < 1.29 is 26.3 Å². The molecule has 0 aromatic heterocycles. The molecule has 0 bridgehead atoms. The van der Waals surface area contributed by atoms with Crippen LogP contribution in [0.2, 0.25) is 0 Å². The van der Waals surface area contributed by atoms with Gasteiger partial charge in [-0.15, -0.1) is 13.2 Å². The zero-order valence-corrected chi connectivity index (χ0v) is 14.3. The van der Waals surface area contributed by atoms with Crippen LogP contribution in [0.25, 0.3) is 0 Å². The minimum atomic E-state index is -4.52. The smallest absolute Gasteiger partial charge is 0.160 e. The summed E-state index contributed by atoms with van der Waals surface area (Å²) in [5.41, 5.74) is -8.12. The number of hydrogen-bond acceptors (Lipinski definition) is 1. The first-order valence-corrected chi connectivity index (χ1v) is 8.76. The summed E-state index contributed by atoms with van der Waals surface area (Å²) in [4.78, 5) is -0.0415. The first-order chi connectivity index (χ1) is 11.0. The van der Waals surface area contributed by atoms with Crippen LogP contribution in [0.1, 0.15) is 11.1 Å². The van der Waals surface area contributed by atoms with E-state index in [0.717, 1.165) is 18.2 Å². The Morgan fingerprint density at radius 2 is 1.54 bits per heavy atom. The van der Waals surface area contributed by atoms with Crippen LogP contribution in [0.15, 0.2) is 57.2 Å². The van der Waals surface area contributed by atoms with E-state index in [0.29, 0.717) is 5.56 Å². The van der Waals surface area contributed by atoms with E-state index in [-0.39, 0.29) is 32.0 Å². The van der Waals surface area contributed by atoms with Gasteiger partial charge in [0.2, 0.25) is 0 Å². The SMILES string of the molecule is Cc1cccc([S+](c2ccc(SC(F)(F)F)cc2C)C(F)(F)F)c1. The van der Waals surface area contributed by atoms with Crippen molar-refractivity contribution in [1.29, 1.82) is 0 Å². The molecule has 0 aliphatic heterocycles. The van der Waals surface area contributed by atoms with Gasteiger partial charge in [0, 0.05) is 10.5 Å². The number of alkyl halides is 6. The van der Waals surface area contributed by atoms with E-state index in [1.54, 1.807) is 19.1 Å². The molecule has 0 saturated heterocycles. The molecular formula is C16H13F6S2+. The maximum atomic E-state index is 13.6. The van der Waals surface area contributed by atoms with Gasteiger partial charge in [0.1, 0.15) is 0 Å². The van der Waals surface area contributed by atoms with Gasteiger partial charge < -0.3 is 0 Å². The molecule has 1 atom stereocenters. The number of halogens is 6. The van der Waals surface area contributed by atoms with E-state index in [9.17, 15) is 26.3 Å². The van der Waals surface area contributed by atoms with E-state index in [2.05, 4.69) is 0 Å².